The molecule has 0 saturated heterocycles. The van der Waals surface area contributed by atoms with E-state index in [4.69, 9.17) is 33.3 Å². The smallest absolute Gasteiger partial charge is 0.387 e. The van der Waals surface area contributed by atoms with Crippen molar-refractivity contribution in [1.82, 2.24) is 4.68 Å². The number of fused-ring (bicyclic) bond motifs is 1. The average molecular weight is 602 g/mol. The first-order chi connectivity index (χ1) is 19.4. The summed E-state index contributed by atoms with van der Waals surface area (Å²) in [5.41, 5.74) is 3.69. The van der Waals surface area contributed by atoms with Crippen LogP contribution >= 0.6 is 34.5 Å². The zero-order chi connectivity index (χ0) is 28.2. The van der Waals surface area contributed by atoms with E-state index in [1.165, 1.54) is 23.5 Å². The Kier molecular flexibility index (Phi) is 8.63. The van der Waals surface area contributed by atoms with Crippen molar-refractivity contribution in [2.45, 2.75) is 32.8 Å². The molecule has 0 N–H and O–H groups in total. The van der Waals surface area contributed by atoms with Crippen molar-refractivity contribution in [2.24, 2.45) is 10.1 Å². The third-order valence-electron chi connectivity index (χ3n) is 6.27. The molecule has 0 spiro atoms. The molecule has 0 atom stereocenters. The van der Waals surface area contributed by atoms with Crippen LogP contribution in [0.15, 0.2) is 82.2 Å². The van der Waals surface area contributed by atoms with Gasteiger partial charge in [-0.15, -0.1) is 11.3 Å². The number of ether oxygens (including phenoxy) is 1. The third-order valence-corrected chi connectivity index (χ3v) is 7.83. The Bertz CT molecular complexity index is 1630. The summed E-state index contributed by atoms with van der Waals surface area (Å²) in [5, 5.41) is 7.45. The molecule has 5 rings (SSSR count). The lowest BCUT2D eigenvalue weighted by atomic mass is 10.1. The van der Waals surface area contributed by atoms with Crippen molar-refractivity contribution in [1.29, 1.82) is 0 Å². The van der Waals surface area contributed by atoms with Crippen molar-refractivity contribution in [3.05, 3.63) is 92.5 Å². The first-order valence-corrected chi connectivity index (χ1v) is 14.2. The fraction of sp³-hybridized carbons (Fsp3) is 0.207. The number of unbranched alkanes of at least 4 members (excludes halogenated alkanes) is 2. The number of hydrogen-bond donors (Lipinski definition) is 0. The third kappa shape index (κ3) is 5.96. The summed E-state index contributed by atoms with van der Waals surface area (Å²) in [6.45, 7) is -0.212. The summed E-state index contributed by atoms with van der Waals surface area (Å²) in [4.78, 5) is 20.6. The number of aromatic nitrogens is 1. The molecule has 1 aliphatic rings. The second kappa shape index (κ2) is 12.3. The van der Waals surface area contributed by atoms with Crippen LogP contribution in [0, 0.1) is 0 Å². The van der Waals surface area contributed by atoms with Crippen LogP contribution in [0.5, 0.6) is 5.75 Å². The number of amides is 1. The number of carbonyl (C=O) groups excluding carboxylic acids is 1. The lowest BCUT2D eigenvalue weighted by Gasteiger charge is -2.16. The summed E-state index contributed by atoms with van der Waals surface area (Å²) in [7, 11) is 0. The SMILES string of the molecule is CCCCCN1C(=O)/C(=N\n2c(-c3ccc(OC(F)F)cc3)csc2=Nc2ccc(Cl)c(Cl)c2)c2ccccc21. The number of carbonyl (C=O) groups is 1. The normalized spacial score (nSPS) is 14.4. The topological polar surface area (TPSA) is 59.2 Å². The number of rotatable bonds is 9. The summed E-state index contributed by atoms with van der Waals surface area (Å²) >= 11 is 13.6. The van der Waals surface area contributed by atoms with Crippen molar-refractivity contribution in [3.8, 4) is 17.0 Å². The Morgan fingerprint density at radius 3 is 2.50 bits per heavy atom. The monoisotopic (exact) mass is 600 g/mol. The molecule has 11 heteroatoms. The van der Waals surface area contributed by atoms with Crippen LogP contribution in [0.4, 0.5) is 20.2 Å². The van der Waals surface area contributed by atoms with Gasteiger partial charge in [0, 0.05) is 23.1 Å². The lowest BCUT2D eigenvalue weighted by molar-refractivity contribution is -0.112. The molecule has 206 valence electrons. The van der Waals surface area contributed by atoms with E-state index in [9.17, 15) is 13.6 Å². The first kappa shape index (κ1) is 28.0. The molecular weight excluding hydrogens is 577 g/mol. The predicted octanol–water partition coefficient (Wildman–Crippen LogP) is 8.15. The summed E-state index contributed by atoms with van der Waals surface area (Å²) < 4.78 is 31.4. The number of hydrogen-bond acceptors (Lipinski definition) is 5. The molecule has 40 heavy (non-hydrogen) atoms. The predicted molar refractivity (Wildman–Crippen MR) is 156 cm³/mol. The second-order valence-electron chi connectivity index (χ2n) is 8.96. The van der Waals surface area contributed by atoms with Gasteiger partial charge < -0.3 is 9.64 Å². The highest BCUT2D eigenvalue weighted by Gasteiger charge is 2.34. The fourth-order valence-electron chi connectivity index (χ4n) is 4.34. The molecule has 1 aromatic heterocycles. The molecule has 1 amide bonds. The van der Waals surface area contributed by atoms with Gasteiger partial charge in [-0.25, -0.2) is 9.67 Å². The van der Waals surface area contributed by atoms with E-state index in [1.54, 1.807) is 39.9 Å². The summed E-state index contributed by atoms with van der Waals surface area (Å²) in [6, 6.07) is 18.8. The van der Waals surface area contributed by atoms with Crippen molar-refractivity contribution in [2.75, 3.05) is 11.4 Å². The van der Waals surface area contributed by atoms with Crippen LogP contribution in [-0.2, 0) is 4.79 Å². The van der Waals surface area contributed by atoms with Gasteiger partial charge in [0.15, 0.2) is 5.71 Å². The number of para-hydroxylation sites is 1. The Labute approximate surface area is 243 Å². The molecule has 0 aliphatic carbocycles. The highest BCUT2D eigenvalue weighted by Crippen LogP contribution is 2.31. The van der Waals surface area contributed by atoms with Gasteiger partial charge in [-0.2, -0.15) is 13.9 Å². The van der Waals surface area contributed by atoms with E-state index in [1.807, 2.05) is 29.6 Å². The number of benzene rings is 3. The number of anilines is 1. The van der Waals surface area contributed by atoms with E-state index >= 15 is 0 Å². The first-order valence-electron chi connectivity index (χ1n) is 12.6. The van der Waals surface area contributed by atoms with E-state index in [0.29, 0.717) is 44.0 Å². The number of nitrogens with zero attached hydrogens (tertiary/aromatic N) is 4. The molecule has 3 aromatic carbocycles. The molecule has 2 heterocycles. The van der Waals surface area contributed by atoms with Gasteiger partial charge in [0.25, 0.3) is 5.91 Å². The molecular formula is C29H24Cl2F2N4O2S. The number of alkyl halides is 2. The van der Waals surface area contributed by atoms with E-state index in [2.05, 4.69) is 11.7 Å². The maximum Gasteiger partial charge on any atom is 0.387 e. The number of halogens is 4. The Morgan fingerprint density at radius 2 is 1.77 bits per heavy atom. The molecule has 0 unspecified atom stereocenters. The molecule has 0 radical (unpaired) electrons. The average Bonchev–Trinajstić information content (AvgIpc) is 3.45. The standard InChI is InChI=1S/C29H24Cl2F2N4O2S/c1-2-3-6-15-36-24-8-5-4-7-21(24)26(27(36)38)35-37-25(18-9-12-20(13-10-18)39-28(32)33)17-40-29(37)34-19-11-14-22(30)23(31)16-19/h4-5,7-14,16-17,28H,2-3,6,15H2,1H3/b34-29?,35-26-. The Balaban J connectivity index is 1.64. The van der Waals surface area contributed by atoms with Crippen molar-refractivity contribution < 1.29 is 18.3 Å². The zero-order valence-electron chi connectivity index (χ0n) is 21.4. The van der Waals surface area contributed by atoms with Crippen LogP contribution in [-0.4, -0.2) is 29.5 Å². The minimum absolute atomic E-state index is 0.0372. The van der Waals surface area contributed by atoms with Crippen LogP contribution in [0.1, 0.15) is 31.7 Å². The van der Waals surface area contributed by atoms with Gasteiger partial charge in [0.05, 0.1) is 27.1 Å². The maximum absolute atomic E-state index is 13.7. The molecule has 0 fully saturated rings. The van der Waals surface area contributed by atoms with Crippen LogP contribution in [0.3, 0.4) is 0 Å². The molecule has 4 aromatic rings. The highest BCUT2D eigenvalue weighted by atomic mass is 35.5. The van der Waals surface area contributed by atoms with Gasteiger partial charge in [-0.3, -0.25) is 4.79 Å². The van der Waals surface area contributed by atoms with Gasteiger partial charge >= 0.3 is 6.61 Å². The quantitative estimate of drug-likeness (QED) is 0.182. The highest BCUT2D eigenvalue weighted by molar-refractivity contribution is 7.07. The number of thiazole rings is 1. The van der Waals surface area contributed by atoms with Gasteiger partial charge in [0.1, 0.15) is 5.75 Å². The minimum atomic E-state index is -2.92. The van der Waals surface area contributed by atoms with E-state index in [0.717, 1.165) is 30.5 Å². The van der Waals surface area contributed by atoms with Gasteiger partial charge in [-0.05, 0) is 55.0 Å². The van der Waals surface area contributed by atoms with Crippen LogP contribution in [0.25, 0.3) is 11.3 Å². The van der Waals surface area contributed by atoms with Gasteiger partial charge in [0.2, 0.25) is 4.80 Å². The fourth-order valence-corrected chi connectivity index (χ4v) is 5.49. The summed E-state index contributed by atoms with van der Waals surface area (Å²) in [6.07, 6.45) is 2.94. The largest absolute Gasteiger partial charge is 0.435 e. The van der Waals surface area contributed by atoms with Gasteiger partial charge in [-0.1, -0.05) is 61.2 Å². The van der Waals surface area contributed by atoms with Crippen molar-refractivity contribution in [3.63, 3.8) is 0 Å². The minimum Gasteiger partial charge on any atom is -0.435 e. The Morgan fingerprint density at radius 1 is 1.00 bits per heavy atom. The zero-order valence-corrected chi connectivity index (χ0v) is 23.7. The molecule has 1 aliphatic heterocycles. The van der Waals surface area contributed by atoms with Crippen molar-refractivity contribution >= 4 is 57.5 Å². The Hall–Kier alpha value is -3.53. The molecule has 0 saturated carbocycles. The van der Waals surface area contributed by atoms with Crippen LogP contribution in [0.2, 0.25) is 10.0 Å². The summed E-state index contributed by atoms with van der Waals surface area (Å²) in [5.74, 6) is -0.154. The molecule has 0 bridgehead atoms. The van der Waals surface area contributed by atoms with Crippen LogP contribution < -0.4 is 14.4 Å². The van der Waals surface area contributed by atoms with E-state index in [-0.39, 0.29) is 11.7 Å². The molecule has 6 nitrogen and oxygen atoms in total. The van der Waals surface area contributed by atoms with E-state index < -0.39 is 6.61 Å². The maximum atomic E-state index is 13.7. The lowest BCUT2D eigenvalue weighted by Crippen LogP contribution is -2.31. The second-order valence-corrected chi connectivity index (χ2v) is 10.6.